The Labute approximate surface area is 70.0 Å². The number of hydrogen-bond acceptors (Lipinski definition) is 4. The molecule has 3 N–H and O–H groups in total. The topological polar surface area (TPSA) is 67.6 Å². The molecule has 1 aromatic heterocycles. The Kier molecular flexibility index (Phi) is 3.38. The fourth-order valence-electron chi connectivity index (χ4n) is 0.775. The van der Waals surface area contributed by atoms with E-state index in [0.717, 1.165) is 18.0 Å². The maximum absolute atomic E-state index is 5.78. The van der Waals surface area contributed by atoms with E-state index in [1.807, 2.05) is 0 Å². The lowest BCUT2D eigenvalue weighted by Crippen LogP contribution is -2.12. The highest BCUT2D eigenvalue weighted by Gasteiger charge is 2.06. The van der Waals surface area contributed by atoms with Crippen LogP contribution in [0.4, 0.5) is 0 Å². The molecule has 0 bridgehead atoms. The molecule has 0 aromatic carbocycles. The van der Waals surface area contributed by atoms with E-state index in [1.165, 1.54) is 6.33 Å². The van der Waals surface area contributed by atoms with Gasteiger partial charge in [0.05, 0.1) is 6.04 Å². The van der Waals surface area contributed by atoms with Gasteiger partial charge in [-0.05, 0) is 18.4 Å². The van der Waals surface area contributed by atoms with Gasteiger partial charge in [-0.25, -0.2) is 4.98 Å². The number of aromatic nitrogens is 3. The lowest BCUT2D eigenvalue weighted by atomic mass is 10.2. The SMILES string of the molecule is CSCC[C@H](N)c1ncn[nH]1. The molecule has 0 saturated carbocycles. The lowest BCUT2D eigenvalue weighted by Gasteiger charge is -2.05. The van der Waals surface area contributed by atoms with Crippen LogP contribution >= 0.6 is 11.8 Å². The normalized spacial score (nSPS) is 13.3. The summed E-state index contributed by atoms with van der Waals surface area (Å²) < 4.78 is 0. The predicted octanol–water partition coefficient (Wildman–Crippen LogP) is 0.558. The van der Waals surface area contributed by atoms with Crippen LogP contribution in [0.5, 0.6) is 0 Å². The first-order valence-corrected chi connectivity index (χ1v) is 4.83. The zero-order valence-corrected chi connectivity index (χ0v) is 7.27. The highest BCUT2D eigenvalue weighted by molar-refractivity contribution is 7.98. The van der Waals surface area contributed by atoms with E-state index in [9.17, 15) is 0 Å². The van der Waals surface area contributed by atoms with Gasteiger partial charge in [0, 0.05) is 0 Å². The van der Waals surface area contributed by atoms with E-state index in [-0.39, 0.29) is 6.04 Å². The van der Waals surface area contributed by atoms with Gasteiger partial charge in [0.15, 0.2) is 0 Å². The van der Waals surface area contributed by atoms with Gasteiger partial charge in [0.1, 0.15) is 12.2 Å². The molecule has 0 aliphatic heterocycles. The second-order valence-electron chi connectivity index (χ2n) is 2.26. The van der Waals surface area contributed by atoms with E-state index in [0.29, 0.717) is 0 Å². The van der Waals surface area contributed by atoms with Crippen molar-refractivity contribution in [2.75, 3.05) is 12.0 Å². The number of H-pyrrole nitrogens is 1. The molecule has 1 rings (SSSR count). The maximum Gasteiger partial charge on any atom is 0.141 e. The molecule has 0 fully saturated rings. The van der Waals surface area contributed by atoms with Gasteiger partial charge in [-0.3, -0.25) is 5.10 Å². The van der Waals surface area contributed by atoms with Gasteiger partial charge < -0.3 is 5.73 Å². The van der Waals surface area contributed by atoms with E-state index in [1.54, 1.807) is 11.8 Å². The molecule has 1 aromatic rings. The Morgan fingerprint density at radius 3 is 3.18 bits per heavy atom. The van der Waals surface area contributed by atoms with E-state index >= 15 is 0 Å². The minimum atomic E-state index is 0.00458. The molecule has 0 radical (unpaired) electrons. The maximum atomic E-state index is 5.78. The molecule has 0 spiro atoms. The molecule has 1 heterocycles. The standard InChI is InChI=1S/C6H12N4S/c1-11-3-2-5(7)6-8-4-9-10-6/h4-5H,2-3,7H2,1H3,(H,8,9,10)/t5-/m0/s1. The molecule has 0 amide bonds. The molecule has 0 saturated heterocycles. The van der Waals surface area contributed by atoms with Gasteiger partial charge >= 0.3 is 0 Å². The zero-order chi connectivity index (χ0) is 8.10. The molecular formula is C6H12N4S. The van der Waals surface area contributed by atoms with E-state index in [2.05, 4.69) is 21.4 Å². The fraction of sp³-hybridized carbons (Fsp3) is 0.667. The largest absolute Gasteiger partial charge is 0.321 e. The first-order valence-electron chi connectivity index (χ1n) is 3.44. The fourth-order valence-corrected chi connectivity index (χ4v) is 1.26. The Hall–Kier alpha value is -0.550. The molecule has 0 aliphatic rings. The summed E-state index contributed by atoms with van der Waals surface area (Å²) in [7, 11) is 0. The van der Waals surface area contributed by atoms with Crippen LogP contribution in [0.1, 0.15) is 18.3 Å². The number of hydrogen-bond donors (Lipinski definition) is 2. The van der Waals surface area contributed by atoms with Crippen molar-refractivity contribution in [3.63, 3.8) is 0 Å². The van der Waals surface area contributed by atoms with Crippen molar-refractivity contribution in [2.24, 2.45) is 5.73 Å². The Morgan fingerprint density at radius 2 is 2.64 bits per heavy atom. The third kappa shape index (κ3) is 2.51. The summed E-state index contributed by atoms with van der Waals surface area (Å²) >= 11 is 1.79. The summed E-state index contributed by atoms with van der Waals surface area (Å²) in [6.45, 7) is 0. The molecule has 4 nitrogen and oxygen atoms in total. The van der Waals surface area contributed by atoms with Crippen LogP contribution in [0.3, 0.4) is 0 Å². The van der Waals surface area contributed by atoms with Crippen LogP contribution in [0, 0.1) is 0 Å². The minimum Gasteiger partial charge on any atom is -0.321 e. The van der Waals surface area contributed by atoms with Crippen molar-refractivity contribution in [3.8, 4) is 0 Å². The van der Waals surface area contributed by atoms with Crippen molar-refractivity contribution in [1.29, 1.82) is 0 Å². The Morgan fingerprint density at radius 1 is 1.82 bits per heavy atom. The van der Waals surface area contributed by atoms with Crippen LogP contribution in [0.15, 0.2) is 6.33 Å². The summed E-state index contributed by atoms with van der Waals surface area (Å²) in [5.74, 6) is 1.83. The van der Waals surface area contributed by atoms with Crippen molar-refractivity contribution >= 4 is 11.8 Å². The lowest BCUT2D eigenvalue weighted by molar-refractivity contribution is 0.658. The average Bonchev–Trinajstić information content (AvgIpc) is 2.52. The van der Waals surface area contributed by atoms with Crippen LogP contribution in [0.25, 0.3) is 0 Å². The first kappa shape index (κ1) is 8.55. The monoisotopic (exact) mass is 172 g/mol. The summed E-state index contributed by atoms with van der Waals surface area (Å²) in [5, 5.41) is 6.48. The van der Waals surface area contributed by atoms with Gasteiger partial charge in [-0.15, -0.1) is 0 Å². The van der Waals surface area contributed by atoms with Gasteiger partial charge in [-0.1, -0.05) is 0 Å². The van der Waals surface area contributed by atoms with Gasteiger partial charge in [0.25, 0.3) is 0 Å². The Bertz CT molecular complexity index is 186. The zero-order valence-electron chi connectivity index (χ0n) is 6.45. The highest BCUT2D eigenvalue weighted by atomic mass is 32.2. The summed E-state index contributed by atoms with van der Waals surface area (Å²) in [4.78, 5) is 3.97. The van der Waals surface area contributed by atoms with E-state index in [4.69, 9.17) is 5.73 Å². The highest BCUT2D eigenvalue weighted by Crippen LogP contribution is 2.09. The van der Waals surface area contributed by atoms with Gasteiger partial charge in [-0.2, -0.15) is 16.9 Å². The molecule has 62 valence electrons. The molecule has 5 heteroatoms. The number of thioether (sulfide) groups is 1. The van der Waals surface area contributed by atoms with Crippen molar-refractivity contribution in [1.82, 2.24) is 15.2 Å². The molecule has 0 unspecified atom stereocenters. The first-order chi connectivity index (χ1) is 5.34. The number of nitrogens with two attached hydrogens (primary N) is 1. The number of aromatic amines is 1. The van der Waals surface area contributed by atoms with Gasteiger partial charge in [0.2, 0.25) is 0 Å². The summed E-state index contributed by atoms with van der Waals surface area (Å²) in [6.07, 6.45) is 4.48. The average molecular weight is 172 g/mol. The minimum absolute atomic E-state index is 0.00458. The number of nitrogens with one attached hydrogen (secondary N) is 1. The van der Waals surface area contributed by atoms with Crippen LogP contribution < -0.4 is 5.73 Å². The second-order valence-corrected chi connectivity index (χ2v) is 3.24. The smallest absolute Gasteiger partial charge is 0.141 e. The molecule has 11 heavy (non-hydrogen) atoms. The second kappa shape index (κ2) is 4.35. The third-order valence-electron chi connectivity index (χ3n) is 1.42. The third-order valence-corrected chi connectivity index (χ3v) is 2.06. The number of rotatable bonds is 4. The van der Waals surface area contributed by atoms with Crippen LogP contribution in [-0.4, -0.2) is 27.2 Å². The summed E-state index contributed by atoms with van der Waals surface area (Å²) in [6, 6.07) is 0.00458. The molecule has 0 aliphatic carbocycles. The molecular weight excluding hydrogens is 160 g/mol. The van der Waals surface area contributed by atoms with Crippen LogP contribution in [-0.2, 0) is 0 Å². The predicted molar refractivity (Wildman–Crippen MR) is 46.3 cm³/mol. The van der Waals surface area contributed by atoms with E-state index < -0.39 is 0 Å². The number of nitrogens with zero attached hydrogens (tertiary/aromatic N) is 2. The quantitative estimate of drug-likeness (QED) is 0.696. The Balaban J connectivity index is 2.36. The molecule has 1 atom stereocenters. The van der Waals surface area contributed by atoms with Crippen molar-refractivity contribution < 1.29 is 0 Å². The van der Waals surface area contributed by atoms with Crippen molar-refractivity contribution in [3.05, 3.63) is 12.2 Å². The van der Waals surface area contributed by atoms with Crippen molar-refractivity contribution in [2.45, 2.75) is 12.5 Å². The van der Waals surface area contributed by atoms with Crippen LogP contribution in [0.2, 0.25) is 0 Å². The summed E-state index contributed by atoms with van der Waals surface area (Å²) in [5.41, 5.74) is 5.78.